The number of para-hydroxylation sites is 3. The molecule has 11 aromatic rings. The number of benzene rings is 8. The van der Waals surface area contributed by atoms with Crippen LogP contribution in [0.5, 0.6) is 0 Å². The second kappa shape index (κ2) is 11.0. The summed E-state index contributed by atoms with van der Waals surface area (Å²) in [5, 5.41) is 7.72. The molecule has 0 aliphatic heterocycles. The Kier molecular flexibility index (Phi) is 6.16. The fraction of sp³-hybridized carbons (Fsp3) is 0. The second-order valence-electron chi connectivity index (χ2n) is 13.3. The Morgan fingerprint density at radius 1 is 0.314 bits per heavy atom. The van der Waals surface area contributed by atoms with Crippen LogP contribution in [0, 0.1) is 0 Å². The van der Waals surface area contributed by atoms with Crippen LogP contribution in [0.3, 0.4) is 0 Å². The van der Waals surface area contributed by atoms with Gasteiger partial charge in [0.25, 0.3) is 0 Å². The van der Waals surface area contributed by atoms with Gasteiger partial charge in [-0.1, -0.05) is 121 Å². The Balaban J connectivity index is 1.03. The van der Waals surface area contributed by atoms with Crippen molar-refractivity contribution >= 4 is 75.1 Å². The molecule has 0 amide bonds. The highest BCUT2D eigenvalue weighted by Crippen LogP contribution is 2.42. The van der Waals surface area contributed by atoms with Crippen LogP contribution >= 0.6 is 11.3 Å². The van der Waals surface area contributed by atoms with E-state index in [1.165, 1.54) is 97.4 Å². The largest absolute Gasteiger partial charge is 0.309 e. The van der Waals surface area contributed by atoms with Gasteiger partial charge >= 0.3 is 0 Å². The quantitative estimate of drug-likeness (QED) is 0.177. The molecule has 8 aromatic carbocycles. The van der Waals surface area contributed by atoms with Crippen molar-refractivity contribution in [3.63, 3.8) is 0 Å². The molecule has 0 saturated heterocycles. The average molecular weight is 667 g/mol. The third-order valence-corrected chi connectivity index (χ3v) is 11.7. The molecule has 0 atom stereocenters. The molecule has 238 valence electrons. The fourth-order valence-electron chi connectivity index (χ4n) is 8.21. The van der Waals surface area contributed by atoms with E-state index in [9.17, 15) is 0 Å². The second-order valence-corrected chi connectivity index (χ2v) is 14.4. The van der Waals surface area contributed by atoms with E-state index in [1.807, 2.05) is 11.3 Å². The fourth-order valence-corrected chi connectivity index (χ4v) is 9.34. The molecular weight excluding hydrogens is 637 g/mol. The van der Waals surface area contributed by atoms with E-state index in [-0.39, 0.29) is 0 Å². The highest BCUT2D eigenvalue weighted by molar-refractivity contribution is 7.25. The maximum absolute atomic E-state index is 2.46. The topological polar surface area (TPSA) is 9.86 Å². The predicted molar refractivity (Wildman–Crippen MR) is 219 cm³/mol. The van der Waals surface area contributed by atoms with E-state index in [2.05, 4.69) is 191 Å². The summed E-state index contributed by atoms with van der Waals surface area (Å²) in [5.74, 6) is 0. The number of hydrogen-bond donors (Lipinski definition) is 0. The molecule has 0 N–H and O–H groups in total. The molecule has 2 nitrogen and oxygen atoms in total. The van der Waals surface area contributed by atoms with Gasteiger partial charge in [-0.3, -0.25) is 0 Å². The van der Waals surface area contributed by atoms with Gasteiger partial charge < -0.3 is 9.13 Å². The lowest BCUT2D eigenvalue weighted by Crippen LogP contribution is -1.94. The first-order valence-electron chi connectivity index (χ1n) is 17.4. The summed E-state index contributed by atoms with van der Waals surface area (Å²) in [4.78, 5) is 0. The molecule has 0 saturated carbocycles. The van der Waals surface area contributed by atoms with Gasteiger partial charge in [-0.15, -0.1) is 11.3 Å². The van der Waals surface area contributed by atoms with E-state index in [0.717, 1.165) is 0 Å². The van der Waals surface area contributed by atoms with Crippen molar-refractivity contribution < 1.29 is 0 Å². The minimum absolute atomic E-state index is 1.17. The maximum Gasteiger partial charge on any atom is 0.0555 e. The van der Waals surface area contributed by atoms with E-state index in [0.29, 0.717) is 0 Å². The van der Waals surface area contributed by atoms with Gasteiger partial charge in [0.2, 0.25) is 0 Å². The molecule has 0 aliphatic rings. The van der Waals surface area contributed by atoms with Gasteiger partial charge in [0.1, 0.15) is 0 Å². The zero-order valence-electron chi connectivity index (χ0n) is 27.6. The standard InChI is InChI=1S/C48H30N2S/c1-2-11-35(12-3-1)49-41-16-7-4-13-36(41)38-27-25-34(30-45(38)49)32-23-21-31(22-24-32)33-26-28-43-40(29-33)37-14-5-8-17-42(37)50(43)44-18-10-20-47-48(44)39-15-6-9-19-46(39)51-47/h1-30H. The summed E-state index contributed by atoms with van der Waals surface area (Å²) in [5.41, 5.74) is 12.2. The van der Waals surface area contributed by atoms with Crippen molar-refractivity contribution in [3.8, 4) is 33.6 Å². The number of fused-ring (bicyclic) bond motifs is 9. The molecule has 11 rings (SSSR count). The van der Waals surface area contributed by atoms with Gasteiger partial charge in [-0.05, 0) is 82.9 Å². The van der Waals surface area contributed by atoms with Crippen LogP contribution in [0.1, 0.15) is 0 Å². The van der Waals surface area contributed by atoms with Crippen LogP contribution in [0.4, 0.5) is 0 Å². The summed E-state index contributed by atoms with van der Waals surface area (Å²) < 4.78 is 7.49. The van der Waals surface area contributed by atoms with Gasteiger partial charge in [0.15, 0.2) is 0 Å². The number of hydrogen-bond acceptors (Lipinski definition) is 1. The van der Waals surface area contributed by atoms with Crippen molar-refractivity contribution in [2.45, 2.75) is 0 Å². The maximum atomic E-state index is 2.46. The Hall–Kier alpha value is -6.42. The first-order chi connectivity index (χ1) is 25.3. The number of thiophene rings is 1. The Morgan fingerprint density at radius 3 is 1.65 bits per heavy atom. The Morgan fingerprint density at radius 2 is 0.863 bits per heavy atom. The summed E-state index contributed by atoms with van der Waals surface area (Å²) >= 11 is 1.87. The smallest absolute Gasteiger partial charge is 0.0555 e. The minimum atomic E-state index is 1.17. The molecule has 0 bridgehead atoms. The van der Waals surface area contributed by atoms with Crippen LogP contribution < -0.4 is 0 Å². The summed E-state index contributed by atoms with van der Waals surface area (Å²) in [6.07, 6.45) is 0. The summed E-state index contributed by atoms with van der Waals surface area (Å²) in [7, 11) is 0. The van der Waals surface area contributed by atoms with Crippen LogP contribution in [0.25, 0.3) is 97.4 Å². The van der Waals surface area contributed by atoms with Crippen molar-refractivity contribution in [2.75, 3.05) is 0 Å². The van der Waals surface area contributed by atoms with Crippen molar-refractivity contribution in [3.05, 3.63) is 182 Å². The number of nitrogens with zero attached hydrogens (tertiary/aromatic N) is 2. The summed E-state index contributed by atoms with van der Waals surface area (Å²) in [6, 6.07) is 66.6. The SMILES string of the molecule is c1ccc(-n2c3ccccc3c3ccc(-c4ccc(-c5ccc6c(c5)c5ccccc5n6-c5cccc6sc7ccccc7c56)cc4)cc32)cc1. The number of rotatable bonds is 4. The molecule has 3 heteroatoms. The molecule has 0 fully saturated rings. The third kappa shape index (κ3) is 4.29. The zero-order chi connectivity index (χ0) is 33.5. The molecule has 3 aromatic heterocycles. The molecule has 0 spiro atoms. The van der Waals surface area contributed by atoms with Crippen LogP contribution in [-0.2, 0) is 0 Å². The van der Waals surface area contributed by atoms with Crippen LogP contribution in [-0.4, -0.2) is 9.13 Å². The van der Waals surface area contributed by atoms with Gasteiger partial charge in [-0.2, -0.15) is 0 Å². The molecular formula is C48H30N2S. The first-order valence-corrected chi connectivity index (χ1v) is 18.3. The van der Waals surface area contributed by atoms with E-state index < -0.39 is 0 Å². The average Bonchev–Trinajstić information content (AvgIpc) is 3.85. The lowest BCUT2D eigenvalue weighted by molar-refractivity contribution is 1.18. The molecule has 3 heterocycles. The van der Waals surface area contributed by atoms with Crippen LogP contribution in [0.15, 0.2) is 182 Å². The molecule has 0 aliphatic carbocycles. The van der Waals surface area contributed by atoms with Crippen molar-refractivity contribution in [1.82, 2.24) is 9.13 Å². The first kappa shape index (κ1) is 28.4. The predicted octanol–water partition coefficient (Wildman–Crippen LogP) is 13.6. The minimum Gasteiger partial charge on any atom is -0.309 e. The van der Waals surface area contributed by atoms with Gasteiger partial charge in [0, 0.05) is 47.4 Å². The third-order valence-electron chi connectivity index (χ3n) is 10.5. The zero-order valence-corrected chi connectivity index (χ0v) is 28.4. The molecule has 0 unspecified atom stereocenters. The van der Waals surface area contributed by atoms with Gasteiger partial charge in [0.05, 0.1) is 27.8 Å². The number of aromatic nitrogens is 2. The van der Waals surface area contributed by atoms with Gasteiger partial charge in [-0.25, -0.2) is 0 Å². The van der Waals surface area contributed by atoms with E-state index in [1.54, 1.807) is 0 Å². The van der Waals surface area contributed by atoms with Crippen molar-refractivity contribution in [1.29, 1.82) is 0 Å². The Bertz CT molecular complexity index is 3120. The molecule has 0 radical (unpaired) electrons. The lowest BCUT2D eigenvalue weighted by Gasteiger charge is -2.11. The highest BCUT2D eigenvalue weighted by Gasteiger charge is 2.18. The Labute approximate surface area is 298 Å². The summed E-state index contributed by atoms with van der Waals surface area (Å²) in [6.45, 7) is 0. The highest BCUT2D eigenvalue weighted by atomic mass is 32.1. The monoisotopic (exact) mass is 666 g/mol. The molecule has 51 heavy (non-hydrogen) atoms. The normalized spacial score (nSPS) is 11.9. The van der Waals surface area contributed by atoms with Crippen LogP contribution in [0.2, 0.25) is 0 Å². The van der Waals surface area contributed by atoms with Crippen molar-refractivity contribution in [2.24, 2.45) is 0 Å². The van der Waals surface area contributed by atoms with E-state index in [4.69, 9.17) is 0 Å². The lowest BCUT2D eigenvalue weighted by atomic mass is 9.98. The van der Waals surface area contributed by atoms with E-state index >= 15 is 0 Å².